The molecule has 0 bridgehead atoms. The molecule has 0 aliphatic carbocycles. The minimum atomic E-state index is -0.814. The van der Waals surface area contributed by atoms with Crippen molar-refractivity contribution in [2.75, 3.05) is 0 Å². The van der Waals surface area contributed by atoms with Crippen molar-refractivity contribution in [1.82, 2.24) is 4.57 Å². The molecule has 2 aromatic rings. The summed E-state index contributed by atoms with van der Waals surface area (Å²) in [5, 5.41) is 11.1. The summed E-state index contributed by atoms with van der Waals surface area (Å²) in [6.45, 7) is 2.63. The summed E-state index contributed by atoms with van der Waals surface area (Å²) in [6, 6.07) is 5.51. The summed E-state index contributed by atoms with van der Waals surface area (Å²) in [7, 11) is 0. The van der Waals surface area contributed by atoms with E-state index >= 15 is 0 Å². The predicted octanol–water partition coefficient (Wildman–Crippen LogP) is 2.91. The Hall–Kier alpha value is -1.88. The van der Waals surface area contributed by atoms with E-state index in [9.17, 15) is 14.7 Å². The Morgan fingerprint density at radius 1 is 1.40 bits per heavy atom. The fourth-order valence-corrected chi connectivity index (χ4v) is 3.76. The Kier molecular flexibility index (Phi) is 3.22. The maximum atomic E-state index is 12.6. The summed E-state index contributed by atoms with van der Waals surface area (Å²) in [5.74, 6) is -1.29. The van der Waals surface area contributed by atoms with Gasteiger partial charge in [0, 0.05) is 12.2 Å². The van der Waals surface area contributed by atoms with E-state index in [0.717, 1.165) is 22.6 Å². The van der Waals surface area contributed by atoms with E-state index in [1.807, 2.05) is 22.9 Å². The first kappa shape index (κ1) is 13.1. The second-order valence-electron chi connectivity index (χ2n) is 4.93. The summed E-state index contributed by atoms with van der Waals surface area (Å²) in [6.07, 6.45) is 1.40. The van der Waals surface area contributed by atoms with Gasteiger partial charge in [-0.3, -0.25) is 9.59 Å². The van der Waals surface area contributed by atoms with Gasteiger partial charge in [-0.25, -0.2) is 0 Å². The molecule has 0 fully saturated rings. The highest BCUT2D eigenvalue weighted by Crippen LogP contribution is 2.32. The number of carboxylic acids is 1. The second-order valence-corrected chi connectivity index (χ2v) is 5.85. The summed E-state index contributed by atoms with van der Waals surface area (Å²) >= 11 is 1.45. The molecule has 0 radical (unpaired) electrons. The highest BCUT2D eigenvalue weighted by Gasteiger charge is 2.32. The molecule has 0 amide bonds. The molecule has 4 nitrogen and oxygen atoms in total. The van der Waals surface area contributed by atoms with Gasteiger partial charge in [-0.1, -0.05) is 6.92 Å². The van der Waals surface area contributed by atoms with Gasteiger partial charge in [0.15, 0.2) is 0 Å². The van der Waals surface area contributed by atoms with Crippen molar-refractivity contribution in [3.8, 4) is 0 Å². The lowest BCUT2D eigenvalue weighted by molar-refractivity contribution is -0.138. The van der Waals surface area contributed by atoms with E-state index in [4.69, 9.17) is 0 Å². The van der Waals surface area contributed by atoms with E-state index in [-0.39, 0.29) is 5.78 Å². The molecule has 2 aromatic heterocycles. The summed E-state index contributed by atoms with van der Waals surface area (Å²) < 4.78 is 1.86. The van der Waals surface area contributed by atoms with Gasteiger partial charge in [0.2, 0.25) is 5.78 Å². The summed E-state index contributed by atoms with van der Waals surface area (Å²) in [5.41, 5.74) is 2.42. The van der Waals surface area contributed by atoms with Gasteiger partial charge in [0.05, 0.1) is 16.5 Å². The predicted molar refractivity (Wildman–Crippen MR) is 76.6 cm³/mol. The number of ketones is 1. The van der Waals surface area contributed by atoms with Crippen LogP contribution in [-0.2, 0) is 17.8 Å². The van der Waals surface area contributed by atoms with E-state index in [2.05, 4.69) is 0 Å². The SMILES string of the molecule is CCc1ccsc1C(=O)c1ccc2n1CCC2C(=O)O. The average molecular weight is 289 g/mol. The van der Waals surface area contributed by atoms with Crippen LogP contribution in [0.1, 0.15) is 45.9 Å². The Morgan fingerprint density at radius 3 is 2.90 bits per heavy atom. The van der Waals surface area contributed by atoms with Gasteiger partial charge in [-0.15, -0.1) is 11.3 Å². The molecule has 1 aliphatic rings. The van der Waals surface area contributed by atoms with E-state index in [0.29, 0.717) is 18.7 Å². The van der Waals surface area contributed by atoms with Crippen molar-refractivity contribution in [2.45, 2.75) is 32.2 Å². The number of hydrogen-bond donors (Lipinski definition) is 1. The fraction of sp³-hybridized carbons (Fsp3) is 0.333. The van der Waals surface area contributed by atoms with Gasteiger partial charge in [0.1, 0.15) is 0 Å². The molecule has 104 valence electrons. The minimum absolute atomic E-state index is 0.00846. The van der Waals surface area contributed by atoms with Crippen LogP contribution >= 0.6 is 11.3 Å². The molecule has 1 atom stereocenters. The lowest BCUT2D eigenvalue weighted by atomic mass is 10.1. The zero-order valence-corrected chi connectivity index (χ0v) is 11.9. The number of aryl methyl sites for hydroxylation is 1. The van der Waals surface area contributed by atoms with Crippen LogP contribution in [0.2, 0.25) is 0 Å². The molecule has 0 spiro atoms. The monoisotopic (exact) mass is 289 g/mol. The largest absolute Gasteiger partial charge is 0.481 e. The smallest absolute Gasteiger partial charge is 0.312 e. The Balaban J connectivity index is 1.99. The van der Waals surface area contributed by atoms with Crippen LogP contribution in [0, 0.1) is 0 Å². The molecular weight excluding hydrogens is 274 g/mol. The third kappa shape index (κ3) is 1.89. The van der Waals surface area contributed by atoms with Crippen molar-refractivity contribution in [3.05, 3.63) is 45.4 Å². The van der Waals surface area contributed by atoms with Crippen molar-refractivity contribution in [2.24, 2.45) is 0 Å². The van der Waals surface area contributed by atoms with Crippen molar-refractivity contribution in [3.63, 3.8) is 0 Å². The number of aliphatic carboxylic acids is 1. The van der Waals surface area contributed by atoms with Gasteiger partial charge in [-0.2, -0.15) is 0 Å². The first-order chi connectivity index (χ1) is 9.63. The molecular formula is C15H15NO3S. The number of aromatic nitrogens is 1. The Bertz CT molecular complexity index is 683. The van der Waals surface area contributed by atoms with Gasteiger partial charge in [0.25, 0.3) is 0 Å². The van der Waals surface area contributed by atoms with Crippen LogP contribution in [0.3, 0.4) is 0 Å². The molecule has 1 aliphatic heterocycles. The maximum Gasteiger partial charge on any atom is 0.312 e. The van der Waals surface area contributed by atoms with Crippen LogP contribution in [-0.4, -0.2) is 21.4 Å². The number of hydrogen-bond acceptors (Lipinski definition) is 3. The Labute approximate surface area is 120 Å². The van der Waals surface area contributed by atoms with Crippen LogP contribution in [0.4, 0.5) is 0 Å². The van der Waals surface area contributed by atoms with Gasteiger partial charge >= 0.3 is 5.97 Å². The number of rotatable bonds is 4. The molecule has 3 rings (SSSR count). The van der Waals surface area contributed by atoms with Crippen LogP contribution in [0.5, 0.6) is 0 Å². The van der Waals surface area contributed by atoms with Crippen LogP contribution < -0.4 is 0 Å². The first-order valence-electron chi connectivity index (χ1n) is 6.66. The zero-order valence-electron chi connectivity index (χ0n) is 11.1. The third-order valence-corrected chi connectivity index (χ3v) is 4.83. The van der Waals surface area contributed by atoms with Crippen LogP contribution in [0.15, 0.2) is 23.6 Å². The molecule has 5 heteroatoms. The second kappa shape index (κ2) is 4.90. The quantitative estimate of drug-likeness (QED) is 0.880. The number of nitrogens with zero attached hydrogens (tertiary/aromatic N) is 1. The lowest BCUT2D eigenvalue weighted by Gasteiger charge is -2.05. The number of fused-ring (bicyclic) bond motifs is 1. The van der Waals surface area contributed by atoms with E-state index < -0.39 is 11.9 Å². The zero-order chi connectivity index (χ0) is 14.3. The van der Waals surface area contributed by atoms with Crippen molar-refractivity contribution < 1.29 is 14.7 Å². The van der Waals surface area contributed by atoms with Crippen molar-refractivity contribution in [1.29, 1.82) is 0 Å². The van der Waals surface area contributed by atoms with Crippen LogP contribution in [0.25, 0.3) is 0 Å². The van der Waals surface area contributed by atoms with Gasteiger partial charge in [-0.05, 0) is 42.0 Å². The van der Waals surface area contributed by atoms with E-state index in [1.165, 1.54) is 11.3 Å². The Morgan fingerprint density at radius 2 is 2.20 bits per heavy atom. The topological polar surface area (TPSA) is 59.3 Å². The molecule has 0 saturated heterocycles. The molecule has 0 saturated carbocycles. The maximum absolute atomic E-state index is 12.6. The fourth-order valence-electron chi connectivity index (χ4n) is 2.82. The highest BCUT2D eigenvalue weighted by molar-refractivity contribution is 7.12. The molecule has 3 heterocycles. The highest BCUT2D eigenvalue weighted by atomic mass is 32.1. The standard InChI is InChI=1S/C15H15NO3S/c1-2-9-6-8-20-14(9)13(17)12-4-3-11-10(15(18)19)5-7-16(11)12/h3-4,6,8,10H,2,5,7H2,1H3,(H,18,19). The number of carboxylic acid groups (broad SMARTS) is 1. The molecule has 1 unspecified atom stereocenters. The average Bonchev–Trinajstić information content (AvgIpc) is 3.12. The molecule has 0 aromatic carbocycles. The van der Waals surface area contributed by atoms with Gasteiger partial charge < -0.3 is 9.67 Å². The number of thiophene rings is 1. The molecule has 20 heavy (non-hydrogen) atoms. The number of carbonyl (C=O) groups is 2. The minimum Gasteiger partial charge on any atom is -0.481 e. The number of carbonyl (C=O) groups excluding carboxylic acids is 1. The normalized spacial score (nSPS) is 17.1. The van der Waals surface area contributed by atoms with E-state index in [1.54, 1.807) is 12.1 Å². The molecule has 1 N–H and O–H groups in total. The first-order valence-corrected chi connectivity index (χ1v) is 7.54. The third-order valence-electron chi connectivity index (χ3n) is 3.88. The van der Waals surface area contributed by atoms with Crippen molar-refractivity contribution >= 4 is 23.1 Å². The lowest BCUT2D eigenvalue weighted by Crippen LogP contribution is -2.10. The summed E-state index contributed by atoms with van der Waals surface area (Å²) in [4.78, 5) is 24.6.